The molecule has 0 bridgehead atoms. The highest BCUT2D eigenvalue weighted by Crippen LogP contribution is 2.32. The van der Waals surface area contributed by atoms with Gasteiger partial charge in [-0.15, -0.1) is 11.3 Å². The first-order chi connectivity index (χ1) is 9.60. The van der Waals surface area contributed by atoms with Crippen molar-refractivity contribution in [3.8, 4) is 10.6 Å². The summed E-state index contributed by atoms with van der Waals surface area (Å²) in [7, 11) is 0. The van der Waals surface area contributed by atoms with Gasteiger partial charge in [0.25, 0.3) is 0 Å². The largest absolute Gasteiger partial charge is 0.465 e. The van der Waals surface area contributed by atoms with Gasteiger partial charge in [-0.25, -0.2) is 4.98 Å². The fourth-order valence-electron chi connectivity index (χ4n) is 1.56. The number of carbonyl (C=O) groups is 1. The van der Waals surface area contributed by atoms with Crippen molar-refractivity contribution in [2.24, 2.45) is 0 Å². The van der Waals surface area contributed by atoms with Gasteiger partial charge in [0.15, 0.2) is 0 Å². The topological polar surface area (TPSA) is 39.2 Å². The lowest BCUT2D eigenvalue weighted by Gasteiger charge is -2.01. The monoisotopic (exact) mass is 373 g/mol. The van der Waals surface area contributed by atoms with Crippen molar-refractivity contribution in [3.63, 3.8) is 0 Å². The maximum absolute atomic E-state index is 11.6. The number of ether oxygens (including phenoxy) is 1. The Morgan fingerprint density at radius 3 is 2.75 bits per heavy atom. The summed E-state index contributed by atoms with van der Waals surface area (Å²) in [6.45, 7) is 2.41. The standard InChI is InChI=1S/C14H13BrClNO2S/c1-2-7-19-12(18)8-11-13(15)20-14(17-11)9-3-5-10(16)6-4-9/h3-6H,2,7-8H2,1H3. The zero-order valence-electron chi connectivity index (χ0n) is 10.9. The third-order valence-corrected chi connectivity index (χ3v) is 4.65. The van der Waals surface area contributed by atoms with Crippen LogP contribution in [0.2, 0.25) is 5.02 Å². The van der Waals surface area contributed by atoms with E-state index < -0.39 is 0 Å². The first-order valence-corrected chi connectivity index (χ1v) is 8.15. The van der Waals surface area contributed by atoms with Crippen LogP contribution in [0.15, 0.2) is 28.1 Å². The summed E-state index contributed by atoms with van der Waals surface area (Å²) in [6.07, 6.45) is 1.00. The van der Waals surface area contributed by atoms with Crippen molar-refractivity contribution in [2.75, 3.05) is 6.61 Å². The van der Waals surface area contributed by atoms with Gasteiger partial charge >= 0.3 is 5.97 Å². The van der Waals surface area contributed by atoms with Crippen LogP contribution >= 0.6 is 38.9 Å². The van der Waals surface area contributed by atoms with E-state index in [4.69, 9.17) is 16.3 Å². The van der Waals surface area contributed by atoms with Crippen molar-refractivity contribution in [1.29, 1.82) is 0 Å². The summed E-state index contributed by atoms with van der Waals surface area (Å²) in [6, 6.07) is 7.46. The van der Waals surface area contributed by atoms with E-state index in [1.807, 2.05) is 31.2 Å². The molecule has 1 aromatic carbocycles. The van der Waals surface area contributed by atoms with E-state index in [-0.39, 0.29) is 12.4 Å². The summed E-state index contributed by atoms with van der Waals surface area (Å²) in [5.74, 6) is -0.250. The average molecular weight is 375 g/mol. The van der Waals surface area contributed by atoms with Crippen molar-refractivity contribution in [2.45, 2.75) is 19.8 Å². The number of thiazole rings is 1. The van der Waals surface area contributed by atoms with Crippen LogP contribution in [0.5, 0.6) is 0 Å². The molecule has 2 rings (SSSR count). The van der Waals surface area contributed by atoms with Crippen LogP contribution in [-0.4, -0.2) is 17.6 Å². The number of nitrogens with zero attached hydrogens (tertiary/aromatic N) is 1. The van der Waals surface area contributed by atoms with E-state index in [0.717, 1.165) is 20.8 Å². The van der Waals surface area contributed by atoms with Crippen LogP contribution < -0.4 is 0 Å². The minimum atomic E-state index is -0.250. The zero-order chi connectivity index (χ0) is 14.5. The minimum Gasteiger partial charge on any atom is -0.465 e. The molecule has 2 aromatic rings. The second-order valence-electron chi connectivity index (χ2n) is 4.14. The maximum atomic E-state index is 11.6. The third-order valence-electron chi connectivity index (χ3n) is 2.52. The summed E-state index contributed by atoms with van der Waals surface area (Å²) in [5, 5.41) is 1.54. The molecule has 6 heteroatoms. The SMILES string of the molecule is CCCOC(=O)Cc1nc(-c2ccc(Cl)cc2)sc1Br. The van der Waals surface area contributed by atoms with Gasteiger partial charge < -0.3 is 4.74 Å². The average Bonchev–Trinajstić information content (AvgIpc) is 2.78. The molecule has 0 spiro atoms. The number of hydrogen-bond acceptors (Lipinski definition) is 4. The Hall–Kier alpha value is -0.910. The number of rotatable bonds is 5. The van der Waals surface area contributed by atoms with E-state index in [1.165, 1.54) is 11.3 Å². The first-order valence-electron chi connectivity index (χ1n) is 6.17. The quantitative estimate of drug-likeness (QED) is 0.711. The molecule has 0 aliphatic heterocycles. The van der Waals surface area contributed by atoms with Crippen LogP contribution in [0.25, 0.3) is 10.6 Å². The van der Waals surface area contributed by atoms with E-state index in [0.29, 0.717) is 17.3 Å². The van der Waals surface area contributed by atoms with Crippen molar-refractivity contribution in [3.05, 3.63) is 38.8 Å². The first kappa shape index (κ1) is 15.5. The predicted molar refractivity (Wildman–Crippen MR) is 85.2 cm³/mol. The Balaban J connectivity index is 2.13. The lowest BCUT2D eigenvalue weighted by molar-refractivity contribution is -0.142. The molecule has 20 heavy (non-hydrogen) atoms. The third kappa shape index (κ3) is 4.04. The molecule has 0 fully saturated rings. The molecule has 3 nitrogen and oxygen atoms in total. The lowest BCUT2D eigenvalue weighted by Crippen LogP contribution is -2.09. The minimum absolute atomic E-state index is 0.185. The van der Waals surface area contributed by atoms with Crippen LogP contribution in [0, 0.1) is 0 Å². The van der Waals surface area contributed by atoms with Crippen LogP contribution in [0.1, 0.15) is 19.0 Å². The van der Waals surface area contributed by atoms with Crippen LogP contribution in [0.3, 0.4) is 0 Å². The number of hydrogen-bond donors (Lipinski definition) is 0. The molecule has 0 aliphatic carbocycles. The Bertz CT molecular complexity index is 598. The van der Waals surface area contributed by atoms with Gasteiger partial charge in [0.05, 0.1) is 22.5 Å². The summed E-state index contributed by atoms with van der Waals surface area (Å²) in [4.78, 5) is 16.1. The zero-order valence-corrected chi connectivity index (χ0v) is 14.0. The van der Waals surface area contributed by atoms with E-state index in [9.17, 15) is 4.79 Å². The molecule has 0 N–H and O–H groups in total. The van der Waals surface area contributed by atoms with Gasteiger partial charge in [0.1, 0.15) is 5.01 Å². The normalized spacial score (nSPS) is 10.6. The summed E-state index contributed by atoms with van der Waals surface area (Å²) >= 11 is 10.8. The number of halogens is 2. The number of esters is 1. The van der Waals surface area contributed by atoms with Gasteiger partial charge in [0, 0.05) is 10.6 Å². The Morgan fingerprint density at radius 2 is 2.10 bits per heavy atom. The molecule has 106 valence electrons. The lowest BCUT2D eigenvalue weighted by atomic mass is 10.2. The molecule has 1 heterocycles. The molecule has 0 atom stereocenters. The Kier molecular flexibility index (Phi) is 5.57. The highest BCUT2D eigenvalue weighted by molar-refractivity contribution is 9.11. The van der Waals surface area contributed by atoms with Gasteiger partial charge in [-0.05, 0) is 34.5 Å². The van der Waals surface area contributed by atoms with E-state index in [2.05, 4.69) is 20.9 Å². The highest BCUT2D eigenvalue weighted by atomic mass is 79.9. The predicted octanol–water partition coefficient (Wildman–Crippen LogP) is 4.72. The molecule has 0 saturated carbocycles. The summed E-state index contributed by atoms with van der Waals surface area (Å²) in [5.41, 5.74) is 1.69. The molecule has 0 amide bonds. The van der Waals surface area contributed by atoms with Gasteiger partial charge in [-0.2, -0.15) is 0 Å². The van der Waals surface area contributed by atoms with Crippen molar-refractivity contribution >= 4 is 44.8 Å². The Morgan fingerprint density at radius 1 is 1.40 bits per heavy atom. The highest BCUT2D eigenvalue weighted by Gasteiger charge is 2.14. The van der Waals surface area contributed by atoms with Crippen LogP contribution in [-0.2, 0) is 16.0 Å². The summed E-state index contributed by atoms with van der Waals surface area (Å²) < 4.78 is 5.93. The van der Waals surface area contributed by atoms with Gasteiger partial charge in [-0.3, -0.25) is 4.79 Å². The molecular formula is C14H13BrClNO2S. The molecular weight excluding hydrogens is 362 g/mol. The van der Waals surface area contributed by atoms with Gasteiger partial charge in [-0.1, -0.05) is 30.7 Å². The molecule has 1 aromatic heterocycles. The fraction of sp³-hybridized carbons (Fsp3) is 0.286. The maximum Gasteiger partial charge on any atom is 0.311 e. The molecule has 0 unspecified atom stereocenters. The Labute approximate surface area is 135 Å². The second-order valence-corrected chi connectivity index (χ2v) is 6.90. The second kappa shape index (κ2) is 7.20. The number of benzene rings is 1. The van der Waals surface area contributed by atoms with Gasteiger partial charge in [0.2, 0.25) is 0 Å². The fourth-order valence-corrected chi connectivity index (χ4v) is 3.19. The smallest absolute Gasteiger partial charge is 0.311 e. The van der Waals surface area contributed by atoms with Crippen LogP contribution in [0.4, 0.5) is 0 Å². The number of aromatic nitrogens is 1. The molecule has 0 saturated heterocycles. The van der Waals surface area contributed by atoms with Crippen molar-refractivity contribution in [1.82, 2.24) is 4.98 Å². The van der Waals surface area contributed by atoms with Crippen molar-refractivity contribution < 1.29 is 9.53 Å². The van der Waals surface area contributed by atoms with E-state index in [1.54, 1.807) is 0 Å². The number of carbonyl (C=O) groups excluding carboxylic acids is 1. The van der Waals surface area contributed by atoms with E-state index >= 15 is 0 Å². The molecule has 0 radical (unpaired) electrons. The molecule has 0 aliphatic rings.